The summed E-state index contributed by atoms with van der Waals surface area (Å²) in [6, 6.07) is 3.38. The maximum absolute atomic E-state index is 11.5. The zero-order valence-corrected chi connectivity index (χ0v) is 9.63. The molecule has 0 radical (unpaired) electrons. The highest BCUT2D eigenvalue weighted by Gasteiger charge is 2.20. The summed E-state index contributed by atoms with van der Waals surface area (Å²) >= 11 is 5.69. The minimum absolute atomic E-state index is 0.0736. The fraction of sp³-hybridized carbons (Fsp3) is 0.455. The number of nitrogens with zero attached hydrogens (tertiary/aromatic N) is 1. The third-order valence-corrected chi connectivity index (χ3v) is 2.63. The molecule has 0 bridgehead atoms. The molecule has 0 atom stereocenters. The van der Waals surface area contributed by atoms with Gasteiger partial charge in [0.1, 0.15) is 5.82 Å². The van der Waals surface area contributed by atoms with Crippen molar-refractivity contribution in [2.24, 2.45) is 5.92 Å². The molecule has 0 unspecified atom stereocenters. The minimum Gasteiger partial charge on any atom is -0.310 e. The van der Waals surface area contributed by atoms with Gasteiger partial charge in [0, 0.05) is 6.20 Å². The van der Waals surface area contributed by atoms with Crippen LogP contribution in [0.25, 0.3) is 0 Å². The number of rotatable bonds is 5. The summed E-state index contributed by atoms with van der Waals surface area (Å²) in [7, 11) is 0. The first-order chi connectivity index (χ1) is 7.74. The number of nitrogens with one attached hydrogen (secondary N) is 2. The van der Waals surface area contributed by atoms with Crippen molar-refractivity contribution >= 4 is 23.3 Å². The Balaban J connectivity index is 1.70. The molecule has 1 fully saturated rings. The second-order valence-electron chi connectivity index (χ2n) is 3.98. The zero-order valence-electron chi connectivity index (χ0n) is 8.87. The molecule has 1 heterocycles. The first-order valence-corrected chi connectivity index (χ1v) is 5.74. The van der Waals surface area contributed by atoms with Crippen LogP contribution < -0.4 is 10.6 Å². The monoisotopic (exact) mass is 239 g/mol. The first kappa shape index (κ1) is 11.4. The van der Waals surface area contributed by atoms with E-state index in [-0.39, 0.29) is 5.91 Å². The predicted molar refractivity (Wildman–Crippen MR) is 63.5 cm³/mol. The summed E-state index contributed by atoms with van der Waals surface area (Å²) in [5.74, 6) is 1.24. The second kappa shape index (κ2) is 5.27. The largest absolute Gasteiger partial charge is 0.310 e. The van der Waals surface area contributed by atoms with Gasteiger partial charge in [-0.05, 0) is 37.4 Å². The van der Waals surface area contributed by atoms with Gasteiger partial charge in [-0.1, -0.05) is 11.6 Å². The Kier molecular flexibility index (Phi) is 3.74. The summed E-state index contributed by atoms with van der Waals surface area (Å²) < 4.78 is 0. The molecule has 86 valence electrons. The van der Waals surface area contributed by atoms with E-state index in [1.807, 2.05) is 0 Å². The van der Waals surface area contributed by atoms with Crippen LogP contribution in [-0.2, 0) is 4.79 Å². The van der Waals surface area contributed by atoms with Gasteiger partial charge < -0.3 is 10.6 Å². The lowest BCUT2D eigenvalue weighted by Crippen LogP contribution is -2.29. The Bertz CT molecular complexity index is 362. The van der Waals surface area contributed by atoms with Crippen LogP contribution in [0.4, 0.5) is 5.82 Å². The third-order valence-electron chi connectivity index (χ3n) is 2.41. The van der Waals surface area contributed by atoms with Gasteiger partial charge in [0.25, 0.3) is 0 Å². The number of aromatic nitrogens is 1. The number of pyridine rings is 1. The quantitative estimate of drug-likeness (QED) is 0.822. The van der Waals surface area contributed by atoms with Crippen molar-refractivity contribution in [3.8, 4) is 0 Å². The van der Waals surface area contributed by atoms with Crippen LogP contribution >= 0.6 is 11.6 Å². The van der Waals surface area contributed by atoms with Crippen molar-refractivity contribution in [3.05, 3.63) is 23.4 Å². The summed E-state index contributed by atoms with van der Waals surface area (Å²) in [4.78, 5) is 15.4. The number of carbonyl (C=O) groups is 1. The number of amides is 1. The minimum atomic E-state index is -0.0736. The molecule has 0 aromatic carbocycles. The average Bonchev–Trinajstić information content (AvgIpc) is 3.05. The molecule has 1 aromatic rings. The smallest absolute Gasteiger partial charge is 0.239 e. The van der Waals surface area contributed by atoms with Crippen LogP contribution in [0.15, 0.2) is 18.3 Å². The zero-order chi connectivity index (χ0) is 11.4. The third kappa shape index (κ3) is 3.79. The highest BCUT2D eigenvalue weighted by atomic mass is 35.5. The highest BCUT2D eigenvalue weighted by molar-refractivity contribution is 6.30. The molecule has 5 heteroatoms. The van der Waals surface area contributed by atoms with Gasteiger partial charge in [-0.25, -0.2) is 4.98 Å². The Morgan fingerprint density at radius 2 is 2.31 bits per heavy atom. The van der Waals surface area contributed by atoms with Gasteiger partial charge in [-0.15, -0.1) is 0 Å². The fourth-order valence-electron chi connectivity index (χ4n) is 1.35. The molecular formula is C11H14ClN3O. The average molecular weight is 240 g/mol. The van der Waals surface area contributed by atoms with Crippen LogP contribution in [0.2, 0.25) is 5.02 Å². The number of hydrogen-bond acceptors (Lipinski definition) is 3. The SMILES string of the molecule is O=C(CNCC1CC1)Nc1ccc(Cl)cn1. The van der Waals surface area contributed by atoms with Gasteiger partial charge in [0.15, 0.2) is 0 Å². The standard InChI is InChI=1S/C11H14ClN3O/c12-9-3-4-10(14-6-9)15-11(16)7-13-5-8-1-2-8/h3-4,6,8,13H,1-2,5,7H2,(H,14,15,16). The van der Waals surface area contributed by atoms with Crippen LogP contribution in [0, 0.1) is 5.92 Å². The van der Waals surface area contributed by atoms with E-state index in [0.717, 1.165) is 12.5 Å². The van der Waals surface area contributed by atoms with Crippen molar-refractivity contribution < 1.29 is 4.79 Å². The second-order valence-corrected chi connectivity index (χ2v) is 4.42. The maximum Gasteiger partial charge on any atom is 0.239 e. The molecule has 0 spiro atoms. The molecule has 1 aliphatic carbocycles. The van der Waals surface area contributed by atoms with Crippen molar-refractivity contribution in [3.63, 3.8) is 0 Å². The normalized spacial score (nSPS) is 14.8. The Morgan fingerprint density at radius 1 is 1.50 bits per heavy atom. The molecule has 2 N–H and O–H groups in total. The molecule has 1 aromatic heterocycles. The van der Waals surface area contributed by atoms with Crippen LogP contribution in [-0.4, -0.2) is 24.0 Å². The molecule has 1 saturated carbocycles. The lowest BCUT2D eigenvalue weighted by atomic mass is 10.4. The topological polar surface area (TPSA) is 54.0 Å². The number of anilines is 1. The molecule has 2 rings (SSSR count). The van der Waals surface area contributed by atoms with E-state index in [1.54, 1.807) is 12.1 Å². The Morgan fingerprint density at radius 3 is 2.94 bits per heavy atom. The highest BCUT2D eigenvalue weighted by Crippen LogP contribution is 2.27. The molecule has 16 heavy (non-hydrogen) atoms. The molecule has 1 amide bonds. The number of hydrogen-bond donors (Lipinski definition) is 2. The van der Waals surface area contributed by atoms with Gasteiger partial charge in [-0.2, -0.15) is 0 Å². The van der Waals surface area contributed by atoms with Crippen LogP contribution in [0.3, 0.4) is 0 Å². The lowest BCUT2D eigenvalue weighted by molar-refractivity contribution is -0.115. The molecule has 4 nitrogen and oxygen atoms in total. The van der Waals surface area contributed by atoms with Crippen LogP contribution in [0.5, 0.6) is 0 Å². The summed E-state index contributed by atoms with van der Waals surface area (Å²) in [5, 5.41) is 6.36. The van der Waals surface area contributed by atoms with E-state index >= 15 is 0 Å². The van der Waals surface area contributed by atoms with Crippen molar-refractivity contribution in [1.29, 1.82) is 0 Å². The first-order valence-electron chi connectivity index (χ1n) is 5.36. The Labute approximate surface area is 99.4 Å². The van der Waals surface area contributed by atoms with Crippen LogP contribution in [0.1, 0.15) is 12.8 Å². The van der Waals surface area contributed by atoms with E-state index in [9.17, 15) is 4.79 Å². The van der Waals surface area contributed by atoms with E-state index in [2.05, 4.69) is 15.6 Å². The summed E-state index contributed by atoms with van der Waals surface area (Å²) in [6.07, 6.45) is 4.08. The van der Waals surface area contributed by atoms with E-state index in [0.29, 0.717) is 17.4 Å². The summed E-state index contributed by atoms with van der Waals surface area (Å²) in [6.45, 7) is 1.27. The molecule has 1 aliphatic rings. The lowest BCUT2D eigenvalue weighted by Gasteiger charge is -2.05. The molecule has 0 aliphatic heterocycles. The van der Waals surface area contributed by atoms with Crippen molar-refractivity contribution in [2.75, 3.05) is 18.4 Å². The Hall–Kier alpha value is -1.13. The van der Waals surface area contributed by atoms with Gasteiger partial charge >= 0.3 is 0 Å². The summed E-state index contributed by atoms with van der Waals surface area (Å²) in [5.41, 5.74) is 0. The predicted octanol–water partition coefficient (Wildman–Crippen LogP) is 1.67. The molecule has 0 saturated heterocycles. The maximum atomic E-state index is 11.5. The van der Waals surface area contributed by atoms with Gasteiger partial charge in [0.2, 0.25) is 5.91 Å². The van der Waals surface area contributed by atoms with Gasteiger partial charge in [0.05, 0.1) is 11.6 Å². The van der Waals surface area contributed by atoms with Gasteiger partial charge in [-0.3, -0.25) is 4.79 Å². The number of carbonyl (C=O) groups excluding carboxylic acids is 1. The van der Waals surface area contributed by atoms with E-state index in [4.69, 9.17) is 11.6 Å². The van der Waals surface area contributed by atoms with E-state index in [1.165, 1.54) is 19.0 Å². The van der Waals surface area contributed by atoms with Crippen molar-refractivity contribution in [2.45, 2.75) is 12.8 Å². The van der Waals surface area contributed by atoms with E-state index < -0.39 is 0 Å². The van der Waals surface area contributed by atoms with Crippen molar-refractivity contribution in [1.82, 2.24) is 10.3 Å². The number of halogens is 1. The molecular weight excluding hydrogens is 226 g/mol. The fourth-order valence-corrected chi connectivity index (χ4v) is 1.46.